The number of aromatic hydroxyl groups is 1. The Morgan fingerprint density at radius 3 is 3.00 bits per heavy atom. The number of rotatable bonds is 1. The largest absolute Gasteiger partial charge is 0.479 e. The van der Waals surface area contributed by atoms with Crippen LogP contribution in [0.5, 0.6) is 6.01 Å². The third-order valence-electron chi connectivity index (χ3n) is 2.44. The lowest BCUT2D eigenvalue weighted by Crippen LogP contribution is -1.95. The molecule has 3 aromatic heterocycles. The monoisotopic (exact) mass is 249 g/mol. The zero-order valence-electron chi connectivity index (χ0n) is 8.92. The van der Waals surface area contributed by atoms with Crippen LogP contribution in [0.4, 0.5) is 0 Å². The number of nitrogens with zero attached hydrogens (tertiary/aromatic N) is 5. The molecule has 0 atom stereocenters. The zero-order chi connectivity index (χ0) is 12.0. The van der Waals surface area contributed by atoms with E-state index in [-0.39, 0.29) is 6.01 Å². The smallest absolute Gasteiger partial charge is 0.319 e. The summed E-state index contributed by atoms with van der Waals surface area (Å²) in [6.07, 6.45) is 2.15. The van der Waals surface area contributed by atoms with E-state index in [1.54, 1.807) is 6.07 Å². The number of pyridine rings is 1. The molecule has 6 nitrogen and oxygen atoms in total. The van der Waals surface area contributed by atoms with Crippen molar-refractivity contribution >= 4 is 28.3 Å². The molecule has 0 aliphatic carbocycles. The molecule has 0 aromatic carbocycles. The summed E-state index contributed by atoms with van der Waals surface area (Å²) >= 11 is 5.89. The topological polar surface area (TPSA) is 76.2 Å². The standard InChI is InChI=1S/C10H8ClN5O/c1-2-7-13-9-6-3-5(11)4-12-8(6)14-10(17)16(9)15-7/h3-4H,2H2,1H3,(H,12,14,17). The van der Waals surface area contributed by atoms with Crippen LogP contribution in [0.2, 0.25) is 5.02 Å². The maximum atomic E-state index is 9.72. The number of aryl methyl sites for hydroxylation is 1. The maximum absolute atomic E-state index is 9.72. The van der Waals surface area contributed by atoms with Crippen LogP contribution in [0.3, 0.4) is 0 Å². The summed E-state index contributed by atoms with van der Waals surface area (Å²) < 4.78 is 1.29. The van der Waals surface area contributed by atoms with Gasteiger partial charge in [0.2, 0.25) is 0 Å². The Kier molecular flexibility index (Phi) is 2.12. The third kappa shape index (κ3) is 1.49. The van der Waals surface area contributed by atoms with Crippen LogP contribution >= 0.6 is 11.6 Å². The average molecular weight is 250 g/mol. The lowest BCUT2D eigenvalue weighted by molar-refractivity contribution is 0.415. The summed E-state index contributed by atoms with van der Waals surface area (Å²) in [6, 6.07) is 1.48. The van der Waals surface area contributed by atoms with Gasteiger partial charge in [-0.15, -0.1) is 5.10 Å². The lowest BCUT2D eigenvalue weighted by Gasteiger charge is -2.00. The molecule has 0 radical (unpaired) electrons. The molecule has 86 valence electrons. The van der Waals surface area contributed by atoms with Gasteiger partial charge in [0.15, 0.2) is 17.1 Å². The first-order valence-corrected chi connectivity index (χ1v) is 5.46. The molecule has 7 heteroatoms. The Morgan fingerprint density at radius 2 is 2.24 bits per heavy atom. The van der Waals surface area contributed by atoms with Gasteiger partial charge in [0.1, 0.15) is 0 Å². The Hall–Kier alpha value is -1.95. The molecule has 0 spiro atoms. The van der Waals surface area contributed by atoms with Crippen LogP contribution in [-0.4, -0.2) is 29.7 Å². The van der Waals surface area contributed by atoms with Gasteiger partial charge in [-0.05, 0) is 6.07 Å². The highest BCUT2D eigenvalue weighted by atomic mass is 35.5. The molecule has 0 saturated heterocycles. The number of hydrogen-bond acceptors (Lipinski definition) is 5. The fraction of sp³-hybridized carbons (Fsp3) is 0.200. The summed E-state index contributed by atoms with van der Waals surface area (Å²) in [5.41, 5.74) is 0.911. The molecular formula is C10H8ClN5O. The second-order valence-corrected chi connectivity index (χ2v) is 3.99. The number of fused-ring (bicyclic) bond motifs is 3. The van der Waals surface area contributed by atoms with Crippen molar-refractivity contribution in [3.05, 3.63) is 23.1 Å². The summed E-state index contributed by atoms with van der Waals surface area (Å²) in [5.74, 6) is 0.634. The fourth-order valence-electron chi connectivity index (χ4n) is 1.65. The van der Waals surface area contributed by atoms with Crippen molar-refractivity contribution in [2.24, 2.45) is 0 Å². The number of hydrogen-bond donors (Lipinski definition) is 1. The van der Waals surface area contributed by atoms with Gasteiger partial charge in [-0.3, -0.25) is 0 Å². The molecule has 0 amide bonds. The van der Waals surface area contributed by atoms with Crippen LogP contribution in [0.1, 0.15) is 12.7 Å². The summed E-state index contributed by atoms with van der Waals surface area (Å²) in [7, 11) is 0. The van der Waals surface area contributed by atoms with Crippen LogP contribution in [-0.2, 0) is 6.42 Å². The minimum absolute atomic E-state index is 0.227. The van der Waals surface area contributed by atoms with Gasteiger partial charge >= 0.3 is 6.01 Å². The maximum Gasteiger partial charge on any atom is 0.319 e. The molecular weight excluding hydrogens is 242 g/mol. The molecule has 0 unspecified atom stereocenters. The first-order valence-electron chi connectivity index (χ1n) is 5.09. The predicted octanol–water partition coefficient (Wildman–Crippen LogP) is 1.59. The second kappa shape index (κ2) is 3.53. The van der Waals surface area contributed by atoms with E-state index < -0.39 is 0 Å². The van der Waals surface area contributed by atoms with Crippen molar-refractivity contribution in [2.45, 2.75) is 13.3 Å². The van der Waals surface area contributed by atoms with Crippen LogP contribution in [0, 0.1) is 0 Å². The Bertz CT molecular complexity index is 723. The van der Waals surface area contributed by atoms with Gasteiger partial charge in [-0.25, -0.2) is 9.97 Å². The average Bonchev–Trinajstić information content (AvgIpc) is 2.75. The molecule has 0 fully saturated rings. The van der Waals surface area contributed by atoms with Gasteiger partial charge < -0.3 is 5.11 Å². The lowest BCUT2D eigenvalue weighted by atomic mass is 10.3. The normalized spacial score (nSPS) is 11.4. The van der Waals surface area contributed by atoms with E-state index in [2.05, 4.69) is 20.1 Å². The molecule has 3 rings (SSSR count). The molecule has 3 heterocycles. The number of aromatic nitrogens is 5. The van der Waals surface area contributed by atoms with E-state index in [0.29, 0.717) is 33.9 Å². The molecule has 1 N–H and O–H groups in total. The van der Waals surface area contributed by atoms with E-state index >= 15 is 0 Å². The van der Waals surface area contributed by atoms with E-state index in [1.165, 1.54) is 10.7 Å². The highest BCUT2D eigenvalue weighted by molar-refractivity contribution is 6.31. The van der Waals surface area contributed by atoms with Crippen molar-refractivity contribution in [1.82, 2.24) is 24.6 Å². The van der Waals surface area contributed by atoms with E-state index in [4.69, 9.17) is 11.6 Å². The van der Waals surface area contributed by atoms with Crippen LogP contribution in [0.25, 0.3) is 16.7 Å². The van der Waals surface area contributed by atoms with Crippen molar-refractivity contribution in [2.75, 3.05) is 0 Å². The van der Waals surface area contributed by atoms with Gasteiger partial charge in [-0.1, -0.05) is 18.5 Å². The third-order valence-corrected chi connectivity index (χ3v) is 2.64. The quantitative estimate of drug-likeness (QED) is 0.709. The molecule has 0 aliphatic rings. The van der Waals surface area contributed by atoms with Crippen molar-refractivity contribution in [3.63, 3.8) is 0 Å². The fourth-order valence-corrected chi connectivity index (χ4v) is 1.80. The molecule has 17 heavy (non-hydrogen) atoms. The van der Waals surface area contributed by atoms with Crippen molar-refractivity contribution < 1.29 is 5.11 Å². The van der Waals surface area contributed by atoms with Crippen molar-refractivity contribution in [1.29, 1.82) is 0 Å². The van der Waals surface area contributed by atoms with Crippen LogP contribution in [0.15, 0.2) is 12.3 Å². The SMILES string of the molecule is CCc1nc2c3cc(Cl)cnc3nc(O)n2n1. The van der Waals surface area contributed by atoms with E-state index in [9.17, 15) is 5.11 Å². The highest BCUT2D eigenvalue weighted by Gasteiger charge is 2.12. The van der Waals surface area contributed by atoms with Gasteiger partial charge in [0.05, 0.1) is 10.4 Å². The predicted molar refractivity (Wildman–Crippen MR) is 62.1 cm³/mol. The van der Waals surface area contributed by atoms with Crippen LogP contribution < -0.4 is 0 Å². The first kappa shape index (κ1) is 10.2. The van der Waals surface area contributed by atoms with E-state index in [0.717, 1.165) is 0 Å². The Balaban J connectivity index is 2.51. The van der Waals surface area contributed by atoms with Gasteiger partial charge in [0.25, 0.3) is 0 Å². The van der Waals surface area contributed by atoms with Gasteiger partial charge in [0, 0.05) is 12.6 Å². The molecule has 0 saturated carbocycles. The molecule has 0 bridgehead atoms. The first-order chi connectivity index (χ1) is 8.19. The highest BCUT2D eigenvalue weighted by Crippen LogP contribution is 2.22. The summed E-state index contributed by atoms with van der Waals surface area (Å²) in [4.78, 5) is 12.3. The minimum Gasteiger partial charge on any atom is -0.479 e. The summed E-state index contributed by atoms with van der Waals surface area (Å²) in [5, 5.41) is 15.0. The molecule has 3 aromatic rings. The summed E-state index contributed by atoms with van der Waals surface area (Å²) in [6.45, 7) is 1.94. The van der Waals surface area contributed by atoms with Gasteiger partial charge in [-0.2, -0.15) is 9.50 Å². The second-order valence-electron chi connectivity index (χ2n) is 3.55. The minimum atomic E-state index is -0.227. The zero-order valence-corrected chi connectivity index (χ0v) is 9.68. The van der Waals surface area contributed by atoms with E-state index in [1.807, 2.05) is 6.92 Å². The molecule has 0 aliphatic heterocycles. The Morgan fingerprint density at radius 1 is 1.41 bits per heavy atom. The van der Waals surface area contributed by atoms with Crippen molar-refractivity contribution in [3.8, 4) is 6.01 Å². The number of halogens is 1. The Labute approximate surface area is 101 Å².